The smallest absolute Gasteiger partial charge is 0.283 e. The molecule has 8 heteroatoms. The maximum Gasteiger partial charge on any atom is 0.283 e. The second-order valence-electron chi connectivity index (χ2n) is 6.19. The summed E-state index contributed by atoms with van der Waals surface area (Å²) < 4.78 is 10.9. The van der Waals surface area contributed by atoms with Gasteiger partial charge >= 0.3 is 0 Å². The highest BCUT2D eigenvalue weighted by Gasteiger charge is 2.14. The first kappa shape index (κ1) is 18.2. The second kappa shape index (κ2) is 7.81. The van der Waals surface area contributed by atoms with E-state index in [2.05, 4.69) is 20.8 Å². The minimum absolute atomic E-state index is 0.205. The average Bonchev–Trinajstić information content (AvgIpc) is 3.40. The number of furan rings is 1. The molecule has 0 spiro atoms. The van der Waals surface area contributed by atoms with E-state index >= 15 is 0 Å². The highest BCUT2D eigenvalue weighted by Crippen LogP contribution is 2.26. The summed E-state index contributed by atoms with van der Waals surface area (Å²) in [6.07, 6.45) is 1.52. The number of aromatic nitrogens is 2. The molecule has 0 bridgehead atoms. The van der Waals surface area contributed by atoms with Gasteiger partial charge in [-0.15, -0.1) is 10.2 Å². The summed E-state index contributed by atoms with van der Waals surface area (Å²) in [7, 11) is 0. The van der Waals surface area contributed by atoms with E-state index in [1.807, 2.05) is 0 Å². The molecule has 0 saturated heterocycles. The number of nitrogens with one attached hydrogen (secondary N) is 2. The van der Waals surface area contributed by atoms with Crippen molar-refractivity contribution in [3.8, 4) is 23.1 Å². The first-order valence-corrected chi connectivity index (χ1v) is 8.75. The Morgan fingerprint density at radius 1 is 0.862 bits per heavy atom. The van der Waals surface area contributed by atoms with Gasteiger partial charge in [0.15, 0.2) is 5.76 Å². The molecule has 0 saturated carbocycles. The number of anilines is 2. The Balaban J connectivity index is 1.52. The number of rotatable bonds is 5. The number of hydrogen-bond acceptors (Lipinski definition) is 6. The van der Waals surface area contributed by atoms with Crippen LogP contribution in [0.3, 0.4) is 0 Å². The van der Waals surface area contributed by atoms with Crippen LogP contribution in [0.25, 0.3) is 23.1 Å². The van der Waals surface area contributed by atoms with E-state index in [4.69, 9.17) is 8.83 Å². The molecule has 0 aliphatic heterocycles. The van der Waals surface area contributed by atoms with Crippen molar-refractivity contribution in [1.29, 1.82) is 0 Å². The first-order valence-electron chi connectivity index (χ1n) is 8.75. The lowest BCUT2D eigenvalue weighted by Crippen LogP contribution is -2.13. The summed E-state index contributed by atoms with van der Waals surface area (Å²) in [5.74, 6) is 0.543. The van der Waals surface area contributed by atoms with Crippen molar-refractivity contribution in [2.45, 2.75) is 6.92 Å². The predicted octanol–water partition coefficient (Wildman–Crippen LogP) is 4.21. The topological polar surface area (TPSA) is 110 Å². The Kier molecular flexibility index (Phi) is 4.90. The molecule has 0 aliphatic carbocycles. The fourth-order valence-electron chi connectivity index (χ4n) is 2.71. The van der Waals surface area contributed by atoms with Gasteiger partial charge in [0.25, 0.3) is 11.8 Å². The number of benzene rings is 2. The van der Waals surface area contributed by atoms with Gasteiger partial charge in [0.05, 0.1) is 6.26 Å². The van der Waals surface area contributed by atoms with Gasteiger partial charge in [-0.25, -0.2) is 0 Å². The molecule has 2 heterocycles. The molecule has 2 aromatic carbocycles. The number of nitrogens with zero attached hydrogens (tertiary/aromatic N) is 2. The van der Waals surface area contributed by atoms with Crippen molar-refractivity contribution >= 4 is 23.2 Å². The molecule has 2 aromatic heterocycles. The van der Waals surface area contributed by atoms with Crippen molar-refractivity contribution in [2.75, 3.05) is 10.6 Å². The highest BCUT2D eigenvalue weighted by molar-refractivity contribution is 6.05. The lowest BCUT2D eigenvalue weighted by Gasteiger charge is -2.08. The Morgan fingerprint density at radius 2 is 1.62 bits per heavy atom. The van der Waals surface area contributed by atoms with Gasteiger partial charge in [-0.1, -0.05) is 12.1 Å². The molecule has 0 unspecified atom stereocenters. The quantitative estimate of drug-likeness (QED) is 0.530. The van der Waals surface area contributed by atoms with Crippen LogP contribution in [0.2, 0.25) is 0 Å². The summed E-state index contributed by atoms with van der Waals surface area (Å²) in [6, 6.07) is 17.2. The number of amides is 2. The second-order valence-corrected chi connectivity index (χ2v) is 6.19. The molecule has 4 aromatic rings. The van der Waals surface area contributed by atoms with Crippen molar-refractivity contribution in [2.24, 2.45) is 0 Å². The molecule has 4 rings (SSSR count). The van der Waals surface area contributed by atoms with Crippen LogP contribution in [-0.4, -0.2) is 22.0 Å². The predicted molar refractivity (Wildman–Crippen MR) is 106 cm³/mol. The van der Waals surface area contributed by atoms with Crippen molar-refractivity contribution in [3.05, 3.63) is 72.5 Å². The standard InChI is InChI=1S/C21H16N4O4/c1-13(26)22-16-7-2-5-14(11-16)19(27)23-17-8-3-6-15(12-17)20-24-25-21(29-20)18-9-4-10-28-18/h2-12H,1H3,(H,22,26)(H,23,27). The summed E-state index contributed by atoms with van der Waals surface area (Å²) >= 11 is 0. The molecule has 0 radical (unpaired) electrons. The van der Waals surface area contributed by atoms with E-state index in [0.29, 0.717) is 34.2 Å². The van der Waals surface area contributed by atoms with E-state index in [-0.39, 0.29) is 17.7 Å². The van der Waals surface area contributed by atoms with Crippen LogP contribution in [0.15, 0.2) is 75.8 Å². The Morgan fingerprint density at radius 3 is 2.38 bits per heavy atom. The van der Waals surface area contributed by atoms with Crippen molar-refractivity contribution < 1.29 is 18.4 Å². The molecule has 2 amide bonds. The van der Waals surface area contributed by atoms with Crippen LogP contribution >= 0.6 is 0 Å². The van der Waals surface area contributed by atoms with Gasteiger partial charge in [0, 0.05) is 29.4 Å². The van der Waals surface area contributed by atoms with E-state index in [1.165, 1.54) is 13.2 Å². The zero-order valence-electron chi connectivity index (χ0n) is 15.4. The minimum Gasteiger partial charge on any atom is -0.459 e. The third kappa shape index (κ3) is 4.22. The zero-order chi connectivity index (χ0) is 20.2. The number of carbonyl (C=O) groups excluding carboxylic acids is 2. The maximum absolute atomic E-state index is 12.6. The van der Waals surface area contributed by atoms with E-state index in [9.17, 15) is 9.59 Å². The maximum atomic E-state index is 12.6. The lowest BCUT2D eigenvalue weighted by atomic mass is 10.1. The molecular formula is C21H16N4O4. The Bertz CT molecular complexity index is 1160. The van der Waals surface area contributed by atoms with Crippen molar-refractivity contribution in [3.63, 3.8) is 0 Å². The largest absolute Gasteiger partial charge is 0.459 e. The van der Waals surface area contributed by atoms with Crippen LogP contribution in [0.5, 0.6) is 0 Å². The Labute approximate surface area is 165 Å². The van der Waals surface area contributed by atoms with Crippen LogP contribution in [0.1, 0.15) is 17.3 Å². The highest BCUT2D eigenvalue weighted by atomic mass is 16.4. The normalized spacial score (nSPS) is 10.5. The van der Waals surface area contributed by atoms with Gasteiger partial charge in [0.1, 0.15) is 0 Å². The molecule has 0 aliphatic rings. The fourth-order valence-corrected chi connectivity index (χ4v) is 2.71. The fraction of sp³-hybridized carbons (Fsp3) is 0.0476. The molecule has 0 atom stereocenters. The molecule has 2 N–H and O–H groups in total. The first-order chi connectivity index (χ1) is 14.1. The lowest BCUT2D eigenvalue weighted by molar-refractivity contribution is -0.114. The van der Waals surface area contributed by atoms with Crippen LogP contribution < -0.4 is 10.6 Å². The van der Waals surface area contributed by atoms with Crippen molar-refractivity contribution in [1.82, 2.24) is 10.2 Å². The summed E-state index contributed by atoms with van der Waals surface area (Å²) in [6.45, 7) is 1.41. The van der Waals surface area contributed by atoms with Gasteiger partial charge < -0.3 is 19.5 Å². The van der Waals surface area contributed by atoms with Gasteiger partial charge in [0.2, 0.25) is 11.8 Å². The minimum atomic E-state index is -0.309. The molecular weight excluding hydrogens is 372 g/mol. The third-order valence-electron chi connectivity index (χ3n) is 3.97. The van der Waals surface area contributed by atoms with Crippen LogP contribution in [-0.2, 0) is 4.79 Å². The van der Waals surface area contributed by atoms with Gasteiger partial charge in [-0.05, 0) is 48.5 Å². The summed E-state index contributed by atoms with van der Waals surface area (Å²) in [5, 5.41) is 13.5. The summed E-state index contributed by atoms with van der Waals surface area (Å²) in [5.41, 5.74) is 2.19. The zero-order valence-corrected chi connectivity index (χ0v) is 15.4. The van der Waals surface area contributed by atoms with Gasteiger partial charge in [-0.2, -0.15) is 0 Å². The average molecular weight is 388 g/mol. The molecule has 8 nitrogen and oxygen atoms in total. The molecule has 29 heavy (non-hydrogen) atoms. The monoisotopic (exact) mass is 388 g/mol. The SMILES string of the molecule is CC(=O)Nc1cccc(C(=O)Nc2cccc(-c3nnc(-c4ccco4)o3)c2)c1. The number of carbonyl (C=O) groups is 2. The van der Waals surface area contributed by atoms with Gasteiger partial charge in [-0.3, -0.25) is 9.59 Å². The number of hydrogen-bond donors (Lipinski definition) is 2. The van der Waals surface area contributed by atoms with E-state index in [0.717, 1.165) is 0 Å². The van der Waals surface area contributed by atoms with E-state index < -0.39 is 0 Å². The molecule has 144 valence electrons. The van der Waals surface area contributed by atoms with E-state index in [1.54, 1.807) is 60.7 Å². The Hall–Kier alpha value is -4.20. The molecule has 0 fully saturated rings. The third-order valence-corrected chi connectivity index (χ3v) is 3.97. The van der Waals surface area contributed by atoms with Crippen LogP contribution in [0, 0.1) is 0 Å². The van der Waals surface area contributed by atoms with Crippen LogP contribution in [0.4, 0.5) is 11.4 Å². The summed E-state index contributed by atoms with van der Waals surface area (Å²) in [4.78, 5) is 23.8.